The summed E-state index contributed by atoms with van der Waals surface area (Å²) < 4.78 is 0. The zero-order valence-electron chi connectivity index (χ0n) is 8.36. The Balaban J connectivity index is 2.36. The molecule has 1 aromatic carbocycles. The summed E-state index contributed by atoms with van der Waals surface area (Å²) >= 11 is 1.83. The van der Waals surface area contributed by atoms with Gasteiger partial charge in [-0.05, 0) is 24.7 Å². The van der Waals surface area contributed by atoms with E-state index in [4.69, 9.17) is 5.73 Å². The average molecular weight is 216 g/mol. The molecule has 76 valence electrons. The smallest absolute Gasteiger partial charge is 0.102 e. The number of pyridine rings is 1. The van der Waals surface area contributed by atoms with E-state index in [-0.39, 0.29) is 0 Å². The second-order valence-electron chi connectivity index (χ2n) is 3.78. The van der Waals surface area contributed by atoms with Crippen LogP contribution < -0.4 is 5.73 Å². The van der Waals surface area contributed by atoms with Crippen LogP contribution in [0.25, 0.3) is 10.9 Å². The Hall–Kier alpha value is -1.22. The van der Waals surface area contributed by atoms with E-state index in [1.807, 2.05) is 30.0 Å². The lowest BCUT2D eigenvalue weighted by Gasteiger charge is -2.17. The molecule has 1 aliphatic heterocycles. The van der Waals surface area contributed by atoms with Gasteiger partial charge < -0.3 is 5.73 Å². The Labute approximate surface area is 92.9 Å². The Morgan fingerprint density at radius 3 is 3.07 bits per heavy atom. The molecule has 0 bridgehead atoms. The molecule has 0 atom stereocenters. The van der Waals surface area contributed by atoms with Crippen molar-refractivity contribution in [1.29, 1.82) is 0 Å². The summed E-state index contributed by atoms with van der Waals surface area (Å²) in [7, 11) is 0. The molecule has 0 unspecified atom stereocenters. The molecule has 0 saturated heterocycles. The van der Waals surface area contributed by atoms with Gasteiger partial charge in [-0.25, -0.2) is 4.98 Å². The topological polar surface area (TPSA) is 38.9 Å². The number of aromatic nitrogens is 1. The Morgan fingerprint density at radius 1 is 1.27 bits per heavy atom. The number of para-hydroxylation sites is 1. The minimum absolute atomic E-state index is 0.933. The first-order valence-electron chi connectivity index (χ1n) is 5.16. The number of benzene rings is 1. The normalized spacial score (nSPS) is 15.2. The summed E-state index contributed by atoms with van der Waals surface area (Å²) in [5, 5.41) is 2.23. The lowest BCUT2D eigenvalue weighted by molar-refractivity contribution is 0.870. The number of thioether (sulfide) groups is 1. The third kappa shape index (κ3) is 1.38. The molecule has 2 aromatic rings. The van der Waals surface area contributed by atoms with Crippen LogP contribution in [0.3, 0.4) is 0 Å². The van der Waals surface area contributed by atoms with Crippen LogP contribution in [0.2, 0.25) is 0 Å². The van der Waals surface area contributed by atoms with Gasteiger partial charge in [-0.1, -0.05) is 18.2 Å². The van der Waals surface area contributed by atoms with Gasteiger partial charge in [0.25, 0.3) is 0 Å². The average Bonchev–Trinajstić information content (AvgIpc) is 2.30. The van der Waals surface area contributed by atoms with Gasteiger partial charge in [-0.3, -0.25) is 0 Å². The first-order chi connectivity index (χ1) is 7.36. The highest BCUT2D eigenvalue weighted by atomic mass is 32.2. The minimum atomic E-state index is 0.933. The SMILES string of the molecule is Nc1c2c(nc3ccccc13)SCCC2. The van der Waals surface area contributed by atoms with Gasteiger partial charge in [0.05, 0.1) is 5.52 Å². The van der Waals surface area contributed by atoms with Crippen LogP contribution in [0, 0.1) is 0 Å². The summed E-state index contributed by atoms with van der Waals surface area (Å²) in [4.78, 5) is 4.66. The van der Waals surface area contributed by atoms with E-state index in [0.717, 1.165) is 33.8 Å². The van der Waals surface area contributed by atoms with Crippen molar-refractivity contribution in [3.63, 3.8) is 0 Å². The highest BCUT2D eigenvalue weighted by molar-refractivity contribution is 7.99. The van der Waals surface area contributed by atoms with E-state index in [1.54, 1.807) is 0 Å². The van der Waals surface area contributed by atoms with E-state index in [2.05, 4.69) is 11.1 Å². The summed E-state index contributed by atoms with van der Waals surface area (Å²) in [5.41, 5.74) is 9.39. The molecule has 1 aliphatic rings. The molecular weight excluding hydrogens is 204 g/mol. The number of hydrogen-bond acceptors (Lipinski definition) is 3. The van der Waals surface area contributed by atoms with Crippen molar-refractivity contribution in [2.75, 3.05) is 11.5 Å². The van der Waals surface area contributed by atoms with E-state index in [1.165, 1.54) is 12.0 Å². The summed E-state index contributed by atoms with van der Waals surface area (Å²) in [6, 6.07) is 8.11. The highest BCUT2D eigenvalue weighted by Gasteiger charge is 2.16. The van der Waals surface area contributed by atoms with Gasteiger partial charge in [0, 0.05) is 16.6 Å². The number of fused-ring (bicyclic) bond motifs is 2. The summed E-state index contributed by atoms with van der Waals surface area (Å²) in [6.45, 7) is 0. The Bertz CT molecular complexity index is 522. The molecule has 3 heteroatoms. The highest BCUT2D eigenvalue weighted by Crippen LogP contribution is 2.35. The maximum absolute atomic E-state index is 6.19. The van der Waals surface area contributed by atoms with Gasteiger partial charge in [-0.15, -0.1) is 11.8 Å². The monoisotopic (exact) mass is 216 g/mol. The van der Waals surface area contributed by atoms with Gasteiger partial charge in [0.1, 0.15) is 5.03 Å². The molecule has 0 fully saturated rings. The number of nitrogens with two attached hydrogens (primary N) is 1. The van der Waals surface area contributed by atoms with E-state index in [0.29, 0.717) is 0 Å². The van der Waals surface area contributed by atoms with Gasteiger partial charge in [0.2, 0.25) is 0 Å². The van der Waals surface area contributed by atoms with Crippen molar-refractivity contribution in [3.8, 4) is 0 Å². The minimum Gasteiger partial charge on any atom is -0.398 e. The number of anilines is 1. The van der Waals surface area contributed by atoms with Crippen LogP contribution in [-0.2, 0) is 6.42 Å². The summed E-state index contributed by atoms with van der Waals surface area (Å²) in [5.74, 6) is 1.16. The number of hydrogen-bond donors (Lipinski definition) is 1. The van der Waals surface area contributed by atoms with Crippen molar-refractivity contribution >= 4 is 28.4 Å². The van der Waals surface area contributed by atoms with Crippen LogP contribution in [-0.4, -0.2) is 10.7 Å². The van der Waals surface area contributed by atoms with Crippen molar-refractivity contribution in [1.82, 2.24) is 4.98 Å². The number of rotatable bonds is 0. The first-order valence-corrected chi connectivity index (χ1v) is 6.15. The Kier molecular flexibility index (Phi) is 2.06. The molecule has 2 N–H and O–H groups in total. The van der Waals surface area contributed by atoms with E-state index >= 15 is 0 Å². The van der Waals surface area contributed by atoms with Gasteiger partial charge in [-0.2, -0.15) is 0 Å². The van der Waals surface area contributed by atoms with Gasteiger partial charge >= 0.3 is 0 Å². The second-order valence-corrected chi connectivity index (χ2v) is 4.86. The van der Waals surface area contributed by atoms with Crippen LogP contribution in [0.5, 0.6) is 0 Å². The van der Waals surface area contributed by atoms with E-state index in [9.17, 15) is 0 Å². The molecule has 15 heavy (non-hydrogen) atoms. The van der Waals surface area contributed by atoms with Crippen molar-refractivity contribution in [2.45, 2.75) is 17.9 Å². The fourth-order valence-electron chi connectivity index (χ4n) is 2.03. The fraction of sp³-hybridized carbons (Fsp3) is 0.250. The van der Waals surface area contributed by atoms with Crippen molar-refractivity contribution in [3.05, 3.63) is 29.8 Å². The fourth-order valence-corrected chi connectivity index (χ4v) is 3.06. The van der Waals surface area contributed by atoms with Crippen molar-refractivity contribution in [2.24, 2.45) is 0 Å². The number of nitrogens with zero attached hydrogens (tertiary/aromatic N) is 1. The van der Waals surface area contributed by atoms with Gasteiger partial charge in [0.15, 0.2) is 0 Å². The first kappa shape index (κ1) is 9.04. The third-order valence-corrected chi connectivity index (χ3v) is 3.91. The molecule has 1 aromatic heterocycles. The molecule has 0 aliphatic carbocycles. The van der Waals surface area contributed by atoms with Crippen LogP contribution in [0.1, 0.15) is 12.0 Å². The maximum Gasteiger partial charge on any atom is 0.102 e. The standard InChI is InChI=1S/C12H12N2S/c13-11-8-4-1-2-6-10(8)14-12-9(11)5-3-7-15-12/h1-2,4,6H,3,5,7H2,(H2,13,14). The third-order valence-electron chi connectivity index (χ3n) is 2.81. The van der Waals surface area contributed by atoms with Crippen molar-refractivity contribution < 1.29 is 0 Å². The molecule has 2 heterocycles. The van der Waals surface area contributed by atoms with Crippen LogP contribution in [0.4, 0.5) is 5.69 Å². The second kappa shape index (κ2) is 3.42. The molecule has 0 spiro atoms. The number of nitrogen functional groups attached to an aromatic ring is 1. The van der Waals surface area contributed by atoms with E-state index < -0.39 is 0 Å². The predicted molar refractivity (Wildman–Crippen MR) is 65.2 cm³/mol. The quantitative estimate of drug-likeness (QED) is 0.736. The lowest BCUT2D eigenvalue weighted by atomic mass is 10.1. The molecule has 0 radical (unpaired) electrons. The molecule has 0 amide bonds. The largest absolute Gasteiger partial charge is 0.398 e. The lowest BCUT2D eigenvalue weighted by Crippen LogP contribution is -2.05. The zero-order chi connectivity index (χ0) is 10.3. The van der Waals surface area contributed by atoms with Crippen LogP contribution in [0.15, 0.2) is 29.3 Å². The molecule has 0 saturated carbocycles. The summed E-state index contributed by atoms with van der Waals surface area (Å²) in [6.07, 6.45) is 2.29. The maximum atomic E-state index is 6.19. The predicted octanol–water partition coefficient (Wildman–Crippen LogP) is 2.86. The molecular formula is C12H12N2S. The Morgan fingerprint density at radius 2 is 2.13 bits per heavy atom. The van der Waals surface area contributed by atoms with Crippen LogP contribution >= 0.6 is 11.8 Å². The molecule has 3 rings (SSSR count). The molecule has 2 nitrogen and oxygen atoms in total. The zero-order valence-corrected chi connectivity index (χ0v) is 9.18.